The summed E-state index contributed by atoms with van der Waals surface area (Å²) >= 11 is 3.50. The molecule has 0 aliphatic carbocycles. The summed E-state index contributed by atoms with van der Waals surface area (Å²) < 4.78 is 6.70. The van der Waals surface area contributed by atoms with Crippen LogP contribution in [0.5, 0.6) is 0 Å². The average Bonchev–Trinajstić information content (AvgIpc) is 3.09. The molecule has 1 saturated heterocycles. The van der Waals surface area contributed by atoms with Gasteiger partial charge in [-0.2, -0.15) is 0 Å². The Morgan fingerprint density at radius 3 is 2.68 bits per heavy atom. The van der Waals surface area contributed by atoms with Crippen LogP contribution in [0, 0.1) is 0 Å². The van der Waals surface area contributed by atoms with Gasteiger partial charge in [0.25, 0.3) is 5.56 Å². The first-order chi connectivity index (χ1) is 13.7. The molecule has 1 unspecified atom stereocenters. The van der Waals surface area contributed by atoms with E-state index in [2.05, 4.69) is 43.3 Å². The predicted octanol–water partition coefficient (Wildman–Crippen LogP) is 3.43. The van der Waals surface area contributed by atoms with Crippen molar-refractivity contribution in [3.05, 3.63) is 74.7 Å². The van der Waals surface area contributed by atoms with E-state index in [0.29, 0.717) is 16.9 Å². The average molecular weight is 439 g/mol. The second kappa shape index (κ2) is 7.16. The third kappa shape index (κ3) is 3.05. The highest BCUT2D eigenvalue weighted by atomic mass is 79.9. The molecule has 2 aromatic heterocycles. The molecule has 3 heterocycles. The number of halogens is 1. The molecule has 0 bridgehead atoms. The van der Waals surface area contributed by atoms with Crippen molar-refractivity contribution >= 4 is 38.0 Å². The number of fused-ring (bicyclic) bond motifs is 3. The highest BCUT2D eigenvalue weighted by molar-refractivity contribution is 9.10. The Balaban J connectivity index is 1.73. The van der Waals surface area contributed by atoms with Crippen LogP contribution in [0.15, 0.2) is 62.2 Å². The van der Waals surface area contributed by atoms with E-state index in [9.17, 15) is 4.79 Å². The number of H-pyrrole nitrogens is 1. The summed E-state index contributed by atoms with van der Waals surface area (Å²) in [5.74, 6) is 0.647. The maximum atomic E-state index is 12.8. The number of nitrogens with one attached hydrogen (secondary N) is 2. The van der Waals surface area contributed by atoms with Gasteiger partial charge in [-0.05, 0) is 23.8 Å². The van der Waals surface area contributed by atoms with E-state index in [1.807, 2.05) is 36.4 Å². The van der Waals surface area contributed by atoms with Crippen LogP contribution in [0.1, 0.15) is 17.4 Å². The van der Waals surface area contributed by atoms with Crippen LogP contribution in [-0.4, -0.2) is 41.0 Å². The minimum absolute atomic E-state index is 0.113. The van der Waals surface area contributed by atoms with Gasteiger partial charge in [0, 0.05) is 36.0 Å². The van der Waals surface area contributed by atoms with Gasteiger partial charge in [0.05, 0.1) is 6.04 Å². The van der Waals surface area contributed by atoms with Gasteiger partial charge < -0.3 is 14.7 Å². The third-order valence-corrected chi connectivity index (χ3v) is 5.69. The van der Waals surface area contributed by atoms with Crippen molar-refractivity contribution in [2.24, 2.45) is 0 Å². The third-order valence-electron chi connectivity index (χ3n) is 5.19. The summed E-state index contributed by atoms with van der Waals surface area (Å²) in [6, 6.07) is 15.8. The van der Waals surface area contributed by atoms with Gasteiger partial charge in [-0.1, -0.05) is 46.3 Å². The van der Waals surface area contributed by atoms with Crippen molar-refractivity contribution in [3.63, 3.8) is 0 Å². The highest BCUT2D eigenvalue weighted by Crippen LogP contribution is 2.31. The number of benzene rings is 2. The first-order valence-electron chi connectivity index (χ1n) is 9.32. The fourth-order valence-corrected chi connectivity index (χ4v) is 4.25. The van der Waals surface area contributed by atoms with E-state index in [1.165, 1.54) is 0 Å². The van der Waals surface area contributed by atoms with Crippen LogP contribution in [0.25, 0.3) is 22.1 Å². The summed E-state index contributed by atoms with van der Waals surface area (Å²) in [6.07, 6.45) is 0. The Bertz CT molecular complexity index is 1200. The van der Waals surface area contributed by atoms with E-state index >= 15 is 0 Å². The lowest BCUT2D eigenvalue weighted by Crippen LogP contribution is -2.46. The molecule has 0 spiro atoms. The molecule has 6 nitrogen and oxygen atoms in total. The zero-order valence-electron chi connectivity index (χ0n) is 15.1. The summed E-state index contributed by atoms with van der Waals surface area (Å²) in [6.45, 7) is 3.60. The van der Waals surface area contributed by atoms with E-state index in [0.717, 1.165) is 41.6 Å². The topological polar surface area (TPSA) is 74.2 Å². The molecule has 1 atom stereocenters. The van der Waals surface area contributed by atoms with Gasteiger partial charge in [0.15, 0.2) is 0 Å². The Labute approximate surface area is 169 Å². The van der Waals surface area contributed by atoms with Crippen molar-refractivity contribution < 1.29 is 4.42 Å². The second-order valence-electron chi connectivity index (χ2n) is 6.97. The van der Waals surface area contributed by atoms with Crippen molar-refractivity contribution in [1.29, 1.82) is 0 Å². The largest absolute Gasteiger partial charge is 0.449 e. The summed E-state index contributed by atoms with van der Waals surface area (Å²) in [7, 11) is 0. The molecule has 0 amide bonds. The molecule has 0 saturated carbocycles. The number of aromatic amines is 1. The van der Waals surface area contributed by atoms with E-state index in [1.54, 1.807) is 0 Å². The number of hydrogen-bond acceptors (Lipinski definition) is 5. The molecular weight excluding hydrogens is 420 g/mol. The summed E-state index contributed by atoms with van der Waals surface area (Å²) in [5.41, 5.74) is 2.39. The van der Waals surface area contributed by atoms with Gasteiger partial charge in [-0.3, -0.25) is 9.69 Å². The first-order valence-corrected chi connectivity index (χ1v) is 10.1. The molecule has 28 heavy (non-hydrogen) atoms. The lowest BCUT2D eigenvalue weighted by Gasteiger charge is -2.34. The first kappa shape index (κ1) is 17.6. The molecule has 7 heteroatoms. The quantitative estimate of drug-likeness (QED) is 0.512. The standard InChI is InChI=1S/C21H19BrN4O2/c22-14-6-7-16-15(12-14)17-19(28-16)21(27)25-20(24-17)18(13-4-2-1-3-5-13)26-10-8-23-9-11-26/h1-7,12,18,23H,8-11H2,(H,24,25,27). The SMILES string of the molecule is O=c1[nH]c(C(c2ccccc2)N2CCNCC2)nc2c1oc1ccc(Br)cc12. The smallest absolute Gasteiger partial charge is 0.294 e. The van der Waals surface area contributed by atoms with Crippen LogP contribution < -0.4 is 10.9 Å². The maximum absolute atomic E-state index is 12.8. The van der Waals surface area contributed by atoms with Crippen LogP contribution in [0.2, 0.25) is 0 Å². The summed E-state index contributed by atoms with van der Waals surface area (Å²) in [4.78, 5) is 23.1. The minimum atomic E-state index is -0.247. The maximum Gasteiger partial charge on any atom is 0.294 e. The number of aromatic nitrogens is 2. The van der Waals surface area contributed by atoms with Crippen molar-refractivity contribution in [2.75, 3.05) is 26.2 Å². The Morgan fingerprint density at radius 1 is 1.11 bits per heavy atom. The number of furan rings is 1. The number of nitrogens with zero attached hydrogens (tertiary/aromatic N) is 2. The van der Waals surface area contributed by atoms with Gasteiger partial charge in [-0.15, -0.1) is 0 Å². The van der Waals surface area contributed by atoms with Crippen LogP contribution in [0.3, 0.4) is 0 Å². The van der Waals surface area contributed by atoms with Gasteiger partial charge in [0.1, 0.15) is 16.9 Å². The highest BCUT2D eigenvalue weighted by Gasteiger charge is 2.27. The van der Waals surface area contributed by atoms with Gasteiger partial charge in [-0.25, -0.2) is 4.98 Å². The van der Waals surface area contributed by atoms with Crippen molar-refractivity contribution in [2.45, 2.75) is 6.04 Å². The van der Waals surface area contributed by atoms with Crippen LogP contribution >= 0.6 is 15.9 Å². The van der Waals surface area contributed by atoms with Crippen LogP contribution in [0.4, 0.5) is 0 Å². The van der Waals surface area contributed by atoms with Crippen molar-refractivity contribution in [3.8, 4) is 0 Å². The number of piperazine rings is 1. The van der Waals surface area contributed by atoms with Crippen molar-refractivity contribution in [1.82, 2.24) is 20.2 Å². The zero-order valence-corrected chi connectivity index (χ0v) is 16.7. The number of rotatable bonds is 3. The monoisotopic (exact) mass is 438 g/mol. The molecule has 1 fully saturated rings. The van der Waals surface area contributed by atoms with Crippen LogP contribution in [-0.2, 0) is 0 Å². The minimum Gasteiger partial charge on any atom is -0.449 e. The van der Waals surface area contributed by atoms with E-state index < -0.39 is 0 Å². The lowest BCUT2D eigenvalue weighted by atomic mass is 10.0. The molecule has 4 aromatic rings. The Morgan fingerprint density at radius 2 is 1.89 bits per heavy atom. The molecule has 2 N–H and O–H groups in total. The fraction of sp³-hybridized carbons (Fsp3) is 0.238. The van der Waals surface area contributed by atoms with E-state index in [4.69, 9.17) is 9.40 Å². The molecule has 1 aliphatic rings. The predicted molar refractivity (Wildman–Crippen MR) is 113 cm³/mol. The zero-order chi connectivity index (χ0) is 19.1. The molecule has 1 aliphatic heterocycles. The van der Waals surface area contributed by atoms with Gasteiger partial charge in [0.2, 0.25) is 5.58 Å². The fourth-order valence-electron chi connectivity index (χ4n) is 3.89. The Kier molecular flexibility index (Phi) is 4.50. The van der Waals surface area contributed by atoms with E-state index in [-0.39, 0.29) is 17.2 Å². The Hall–Kier alpha value is -2.48. The molecule has 0 radical (unpaired) electrons. The second-order valence-corrected chi connectivity index (χ2v) is 7.89. The number of hydrogen-bond donors (Lipinski definition) is 2. The molecule has 2 aromatic carbocycles. The summed E-state index contributed by atoms with van der Waals surface area (Å²) in [5, 5.41) is 4.22. The molecule has 142 valence electrons. The normalized spacial score (nSPS) is 16.6. The molecule has 5 rings (SSSR count). The lowest BCUT2D eigenvalue weighted by molar-refractivity contribution is 0.192. The van der Waals surface area contributed by atoms with Gasteiger partial charge >= 0.3 is 0 Å². The molecular formula is C21H19BrN4O2.